The van der Waals surface area contributed by atoms with Gasteiger partial charge in [-0.05, 0) is 6.20 Å². The van der Waals surface area contributed by atoms with Gasteiger partial charge >= 0.3 is 51.4 Å². The van der Waals surface area contributed by atoms with Crippen LogP contribution in [0.25, 0.3) is 6.08 Å². The van der Waals surface area contributed by atoms with E-state index in [-0.39, 0.29) is 51.4 Å². The maximum Gasteiger partial charge on any atom is 1.00 e. The molecule has 0 aliphatic carbocycles. The molecule has 1 heterocycles. The summed E-state index contributed by atoms with van der Waals surface area (Å²) in [5.41, 5.74) is 0.875. The zero-order chi connectivity index (χ0) is 5.82. The Morgan fingerprint density at radius 3 is 2.78 bits per heavy atom. The maximum absolute atomic E-state index is 5.17. The van der Waals surface area contributed by atoms with E-state index >= 15 is 0 Å². The molecule has 1 rings (SSSR count). The summed E-state index contributed by atoms with van der Waals surface area (Å²) in [6.45, 7) is 5.17. The number of aromatic nitrogens is 1. The third-order valence-electron chi connectivity index (χ3n) is 0.825. The molecule has 0 amide bonds. The minimum absolute atomic E-state index is 0. The van der Waals surface area contributed by atoms with Crippen molar-refractivity contribution in [3.63, 3.8) is 0 Å². The van der Waals surface area contributed by atoms with Crippen molar-refractivity contribution in [3.8, 4) is 0 Å². The summed E-state index contributed by atoms with van der Waals surface area (Å²) < 4.78 is 0. The van der Waals surface area contributed by atoms with Crippen LogP contribution in [0.1, 0.15) is 5.56 Å². The molecule has 1 aromatic heterocycles. The van der Waals surface area contributed by atoms with Gasteiger partial charge in [0.25, 0.3) is 0 Å². The van der Waals surface area contributed by atoms with Crippen LogP contribution in [0.3, 0.4) is 0 Å². The van der Waals surface area contributed by atoms with Gasteiger partial charge in [0.05, 0.1) is 0 Å². The molecule has 0 radical (unpaired) electrons. The van der Waals surface area contributed by atoms with Crippen LogP contribution in [0.5, 0.6) is 0 Å². The van der Waals surface area contributed by atoms with Crippen LogP contribution in [0.15, 0.2) is 18.5 Å². The van der Waals surface area contributed by atoms with Gasteiger partial charge in [0.2, 0.25) is 0 Å². The molecule has 0 unspecified atom stereocenters. The Bertz CT molecular complexity index is 172. The van der Waals surface area contributed by atoms with Crippen molar-refractivity contribution in [3.05, 3.63) is 36.7 Å². The number of hydrogen-bond donors (Lipinski definition) is 0. The van der Waals surface area contributed by atoms with E-state index in [4.69, 9.17) is 6.58 Å². The van der Waals surface area contributed by atoms with Crippen LogP contribution in [0.2, 0.25) is 0 Å². The molecule has 0 aromatic carbocycles. The van der Waals surface area contributed by atoms with Crippen LogP contribution in [-0.4, -0.2) is 4.98 Å². The Morgan fingerprint density at radius 1 is 1.67 bits per heavy atom. The fraction of sp³-hybridized carbons (Fsp3) is 0. The summed E-state index contributed by atoms with van der Waals surface area (Å²) in [7, 11) is 0. The summed E-state index contributed by atoms with van der Waals surface area (Å²) in [4.78, 5) is 3.76. The second-order valence-electron chi connectivity index (χ2n) is 1.36. The second-order valence-corrected chi connectivity index (χ2v) is 1.36. The largest absolute Gasteiger partial charge is 1.00 e. The van der Waals surface area contributed by atoms with Crippen molar-refractivity contribution < 1.29 is 51.4 Å². The zero-order valence-electron chi connectivity index (χ0n) is 5.33. The molecule has 0 fully saturated rings. The summed E-state index contributed by atoms with van der Waals surface area (Å²) in [6, 6.07) is 4.62. The normalized spacial score (nSPS) is 7.56. The summed E-state index contributed by atoms with van der Waals surface area (Å²) in [5.74, 6) is 0. The first kappa shape index (κ1) is 9.53. The van der Waals surface area contributed by atoms with Crippen molar-refractivity contribution in [2.24, 2.45) is 0 Å². The minimum atomic E-state index is 0. The van der Waals surface area contributed by atoms with E-state index in [2.05, 4.69) is 11.1 Å². The monoisotopic (exact) mass is 142 g/mol. The van der Waals surface area contributed by atoms with Gasteiger partial charge in [0.1, 0.15) is 0 Å². The Hall–Kier alpha value is 0.526. The number of hydrogen-bond acceptors (Lipinski definition) is 1. The van der Waals surface area contributed by atoms with Crippen LogP contribution in [-0.2, 0) is 0 Å². The van der Waals surface area contributed by atoms with E-state index in [0.29, 0.717) is 0 Å². The van der Waals surface area contributed by atoms with Gasteiger partial charge in [-0.1, -0.05) is 6.20 Å². The molecule has 0 saturated heterocycles. The molecule has 1 nitrogen and oxygen atoms in total. The third-order valence-corrected chi connectivity index (χ3v) is 0.825. The van der Waals surface area contributed by atoms with Gasteiger partial charge in [-0.3, -0.25) is 11.1 Å². The first-order valence-corrected chi connectivity index (χ1v) is 2.30. The number of nitrogens with zero attached hydrogens (tertiary/aromatic N) is 1. The molecule has 9 heavy (non-hydrogen) atoms. The van der Waals surface area contributed by atoms with Gasteiger partial charge in [0, 0.05) is 0 Å². The van der Waals surface area contributed by atoms with Crippen molar-refractivity contribution in [2.45, 2.75) is 0 Å². The van der Waals surface area contributed by atoms with Gasteiger partial charge in [-0.15, -0.1) is 0 Å². The van der Waals surface area contributed by atoms with E-state index in [9.17, 15) is 0 Å². The fourth-order valence-electron chi connectivity index (χ4n) is 0.430. The molecule has 1 aromatic rings. The number of rotatable bonds is 1. The third kappa shape index (κ3) is 3.28. The van der Waals surface area contributed by atoms with Gasteiger partial charge in [-0.25, -0.2) is 6.07 Å². The first-order valence-electron chi connectivity index (χ1n) is 2.30. The van der Waals surface area contributed by atoms with Crippen LogP contribution in [0.4, 0.5) is 0 Å². The summed E-state index contributed by atoms with van der Waals surface area (Å²) in [6.07, 6.45) is 4.75. The van der Waals surface area contributed by atoms with Gasteiger partial charge in [0.15, 0.2) is 0 Å². The molecule has 40 valence electrons. The summed E-state index contributed by atoms with van der Waals surface area (Å²) >= 11 is 0. The molecular weight excluding hydrogens is 137 g/mol. The van der Waals surface area contributed by atoms with Crippen LogP contribution >= 0.6 is 0 Å². The number of pyridine rings is 1. The van der Waals surface area contributed by atoms with E-state index in [1.54, 1.807) is 18.5 Å². The van der Waals surface area contributed by atoms with E-state index in [1.807, 2.05) is 0 Å². The van der Waals surface area contributed by atoms with E-state index in [0.717, 1.165) is 5.56 Å². The van der Waals surface area contributed by atoms with Gasteiger partial charge in [-0.2, -0.15) is 0 Å². The summed E-state index contributed by atoms with van der Waals surface area (Å²) in [5, 5.41) is 0. The van der Waals surface area contributed by atoms with E-state index < -0.39 is 0 Å². The average Bonchev–Trinajstić information content (AvgIpc) is 1.90. The van der Waals surface area contributed by atoms with Crippen molar-refractivity contribution >= 4 is 6.08 Å². The Balaban J connectivity index is 0.000000640. The molecule has 2 heteroatoms. The molecule has 0 spiro atoms. The molecule has 0 aliphatic heterocycles. The van der Waals surface area contributed by atoms with Crippen LogP contribution < -0.4 is 51.4 Å². The minimum Gasteiger partial charge on any atom is -0.361 e. The molecule has 0 atom stereocenters. The molecule has 0 aliphatic rings. The maximum atomic E-state index is 5.17. The van der Waals surface area contributed by atoms with E-state index in [1.165, 1.54) is 6.08 Å². The zero-order valence-corrected chi connectivity index (χ0v) is 8.46. The van der Waals surface area contributed by atoms with Gasteiger partial charge < -0.3 is 18.2 Å². The topological polar surface area (TPSA) is 12.9 Å². The molecular formula is C7H5KN-. The smallest absolute Gasteiger partial charge is 0.361 e. The SMILES string of the molecule is [CH-]=Cc1[c-]cncc1.[K+]. The first-order chi connectivity index (χ1) is 3.93. The predicted molar refractivity (Wildman–Crippen MR) is 31.8 cm³/mol. The van der Waals surface area contributed by atoms with Crippen molar-refractivity contribution in [1.29, 1.82) is 0 Å². The fourth-order valence-corrected chi connectivity index (χ4v) is 0.430. The van der Waals surface area contributed by atoms with Crippen molar-refractivity contribution in [2.75, 3.05) is 0 Å². The average molecular weight is 142 g/mol. The quantitative estimate of drug-likeness (QED) is 0.337. The molecule has 0 N–H and O–H groups in total. The predicted octanol–water partition coefficient (Wildman–Crippen LogP) is -1.67. The molecule has 0 bridgehead atoms. The van der Waals surface area contributed by atoms with Crippen molar-refractivity contribution in [1.82, 2.24) is 4.98 Å². The second kappa shape index (κ2) is 5.32. The Morgan fingerprint density at radius 2 is 2.44 bits per heavy atom. The Kier molecular flexibility index (Phi) is 5.63. The van der Waals surface area contributed by atoms with Crippen LogP contribution in [0, 0.1) is 12.6 Å². The standard InChI is InChI=1S/C7H5N.K/c1-2-7-3-5-8-6-4-7;/h1-3,5-6H;/q-2;+1. The Labute approximate surface area is 97.6 Å². The molecule has 0 saturated carbocycles.